The van der Waals surface area contributed by atoms with Crippen molar-refractivity contribution in [2.75, 3.05) is 5.73 Å². The number of pyridine rings is 1. The highest BCUT2D eigenvalue weighted by Crippen LogP contribution is 2.19. The van der Waals surface area contributed by atoms with Gasteiger partial charge in [0.2, 0.25) is 0 Å². The second-order valence-corrected chi connectivity index (χ2v) is 4.22. The Morgan fingerprint density at radius 1 is 1.33 bits per heavy atom. The van der Waals surface area contributed by atoms with E-state index in [2.05, 4.69) is 4.98 Å². The SMILES string of the molecule is Nc1ccc(C(=O)Cc2cc(F)ccc2Cl)nc1. The number of ketones is 1. The minimum Gasteiger partial charge on any atom is -0.397 e. The van der Waals surface area contributed by atoms with Crippen molar-refractivity contribution in [1.29, 1.82) is 0 Å². The number of hydrogen-bond acceptors (Lipinski definition) is 3. The van der Waals surface area contributed by atoms with E-state index in [1.807, 2.05) is 0 Å². The Hall–Kier alpha value is -1.94. The molecule has 0 aliphatic rings. The van der Waals surface area contributed by atoms with E-state index in [0.29, 0.717) is 16.3 Å². The number of Topliss-reactive ketones (excluding diaryl/α,β-unsaturated/α-hetero) is 1. The lowest BCUT2D eigenvalue weighted by Gasteiger charge is -2.04. The second kappa shape index (κ2) is 5.14. The largest absolute Gasteiger partial charge is 0.397 e. The number of rotatable bonds is 3. The summed E-state index contributed by atoms with van der Waals surface area (Å²) < 4.78 is 13.1. The van der Waals surface area contributed by atoms with E-state index in [9.17, 15) is 9.18 Å². The van der Waals surface area contributed by atoms with Gasteiger partial charge in [0, 0.05) is 11.4 Å². The van der Waals surface area contributed by atoms with Crippen LogP contribution in [0.5, 0.6) is 0 Å². The molecule has 18 heavy (non-hydrogen) atoms. The van der Waals surface area contributed by atoms with E-state index in [1.54, 1.807) is 6.07 Å². The second-order valence-electron chi connectivity index (χ2n) is 3.81. The van der Waals surface area contributed by atoms with Crippen LogP contribution in [-0.4, -0.2) is 10.8 Å². The van der Waals surface area contributed by atoms with Gasteiger partial charge in [-0.15, -0.1) is 0 Å². The van der Waals surface area contributed by atoms with Crippen LogP contribution in [0, 0.1) is 5.82 Å². The van der Waals surface area contributed by atoms with Crippen LogP contribution in [0.3, 0.4) is 0 Å². The van der Waals surface area contributed by atoms with Crippen LogP contribution in [0.25, 0.3) is 0 Å². The first-order chi connectivity index (χ1) is 8.56. The average Bonchev–Trinajstić information content (AvgIpc) is 2.34. The number of aromatic nitrogens is 1. The van der Waals surface area contributed by atoms with Crippen LogP contribution < -0.4 is 5.73 Å². The van der Waals surface area contributed by atoms with Crippen molar-refractivity contribution in [3.05, 3.63) is 58.6 Å². The van der Waals surface area contributed by atoms with Gasteiger partial charge in [0.05, 0.1) is 11.9 Å². The Balaban J connectivity index is 2.21. The monoisotopic (exact) mass is 264 g/mol. The summed E-state index contributed by atoms with van der Waals surface area (Å²) in [5, 5.41) is 0.361. The van der Waals surface area contributed by atoms with Gasteiger partial charge in [0.15, 0.2) is 5.78 Å². The number of anilines is 1. The summed E-state index contributed by atoms with van der Waals surface area (Å²) in [5.74, 6) is -0.657. The fraction of sp³-hybridized carbons (Fsp3) is 0.0769. The van der Waals surface area contributed by atoms with Crippen molar-refractivity contribution in [3.63, 3.8) is 0 Å². The number of halogens is 2. The zero-order chi connectivity index (χ0) is 13.1. The molecule has 0 fully saturated rings. The van der Waals surface area contributed by atoms with Crippen LogP contribution in [0.2, 0.25) is 5.02 Å². The number of carbonyl (C=O) groups excluding carboxylic acids is 1. The first kappa shape index (κ1) is 12.5. The lowest BCUT2D eigenvalue weighted by atomic mass is 10.1. The molecule has 2 rings (SSSR count). The lowest BCUT2D eigenvalue weighted by molar-refractivity contribution is 0.0988. The third kappa shape index (κ3) is 2.84. The van der Waals surface area contributed by atoms with Gasteiger partial charge in [0.1, 0.15) is 11.5 Å². The molecule has 0 amide bonds. The highest BCUT2D eigenvalue weighted by molar-refractivity contribution is 6.31. The van der Waals surface area contributed by atoms with Gasteiger partial charge in [-0.05, 0) is 35.9 Å². The number of nitrogens with zero attached hydrogens (tertiary/aromatic N) is 1. The highest BCUT2D eigenvalue weighted by atomic mass is 35.5. The van der Waals surface area contributed by atoms with Crippen LogP contribution in [0.1, 0.15) is 16.1 Å². The summed E-state index contributed by atoms with van der Waals surface area (Å²) in [4.78, 5) is 15.8. The van der Waals surface area contributed by atoms with Gasteiger partial charge in [-0.3, -0.25) is 9.78 Å². The Bertz CT molecular complexity index is 584. The maximum atomic E-state index is 13.1. The Morgan fingerprint density at radius 2 is 2.11 bits per heavy atom. The van der Waals surface area contributed by atoms with E-state index in [-0.39, 0.29) is 17.9 Å². The van der Waals surface area contributed by atoms with E-state index in [1.165, 1.54) is 30.5 Å². The predicted octanol–water partition coefficient (Wildman–Crippen LogP) is 2.88. The van der Waals surface area contributed by atoms with Gasteiger partial charge >= 0.3 is 0 Å². The zero-order valence-corrected chi connectivity index (χ0v) is 10.1. The molecule has 1 aromatic heterocycles. The molecule has 0 spiro atoms. The molecule has 92 valence electrons. The molecule has 5 heteroatoms. The molecular formula is C13H10ClFN2O. The van der Waals surface area contributed by atoms with Crippen LogP contribution in [-0.2, 0) is 6.42 Å². The highest BCUT2D eigenvalue weighted by Gasteiger charge is 2.11. The van der Waals surface area contributed by atoms with Gasteiger partial charge in [-0.25, -0.2) is 4.39 Å². The molecule has 3 nitrogen and oxygen atoms in total. The molecule has 0 radical (unpaired) electrons. The summed E-state index contributed by atoms with van der Waals surface area (Å²) in [6.07, 6.45) is 1.41. The van der Waals surface area contributed by atoms with E-state index >= 15 is 0 Å². The maximum Gasteiger partial charge on any atom is 0.185 e. The van der Waals surface area contributed by atoms with Crippen molar-refractivity contribution in [3.8, 4) is 0 Å². The third-order valence-electron chi connectivity index (χ3n) is 2.43. The molecule has 2 aromatic rings. The number of benzene rings is 1. The van der Waals surface area contributed by atoms with E-state index in [4.69, 9.17) is 17.3 Å². The van der Waals surface area contributed by atoms with E-state index < -0.39 is 5.82 Å². The minimum absolute atomic E-state index is 0.00745. The molecule has 0 bridgehead atoms. The first-order valence-corrected chi connectivity index (χ1v) is 5.63. The molecule has 2 N–H and O–H groups in total. The third-order valence-corrected chi connectivity index (χ3v) is 2.80. The Morgan fingerprint density at radius 3 is 2.78 bits per heavy atom. The summed E-state index contributed by atoms with van der Waals surface area (Å²) in [6, 6.07) is 7.05. The molecular weight excluding hydrogens is 255 g/mol. The lowest BCUT2D eigenvalue weighted by Crippen LogP contribution is -2.06. The average molecular weight is 265 g/mol. The van der Waals surface area contributed by atoms with Crippen molar-refractivity contribution in [2.24, 2.45) is 0 Å². The summed E-state index contributed by atoms with van der Waals surface area (Å²) in [5.41, 5.74) is 6.69. The molecule has 0 saturated carbocycles. The van der Waals surface area contributed by atoms with Gasteiger partial charge in [-0.2, -0.15) is 0 Å². The van der Waals surface area contributed by atoms with Crippen LogP contribution >= 0.6 is 11.6 Å². The molecule has 0 unspecified atom stereocenters. The van der Waals surface area contributed by atoms with E-state index in [0.717, 1.165) is 0 Å². The number of hydrogen-bond donors (Lipinski definition) is 1. The van der Waals surface area contributed by atoms with Crippen LogP contribution in [0.15, 0.2) is 36.5 Å². The first-order valence-electron chi connectivity index (χ1n) is 5.25. The van der Waals surface area contributed by atoms with Crippen LogP contribution in [0.4, 0.5) is 10.1 Å². The van der Waals surface area contributed by atoms with Gasteiger partial charge < -0.3 is 5.73 Å². The molecule has 1 aromatic carbocycles. The molecule has 0 atom stereocenters. The van der Waals surface area contributed by atoms with Gasteiger partial charge in [0.25, 0.3) is 0 Å². The quantitative estimate of drug-likeness (QED) is 0.868. The number of nitrogen functional groups attached to an aromatic ring is 1. The zero-order valence-electron chi connectivity index (χ0n) is 9.36. The van der Waals surface area contributed by atoms with Crippen molar-refractivity contribution >= 4 is 23.1 Å². The molecule has 0 aliphatic heterocycles. The smallest absolute Gasteiger partial charge is 0.185 e. The van der Waals surface area contributed by atoms with Crippen molar-refractivity contribution in [1.82, 2.24) is 4.98 Å². The summed E-state index contributed by atoms with van der Waals surface area (Å²) in [6.45, 7) is 0. The number of nitrogens with two attached hydrogens (primary N) is 1. The standard InChI is InChI=1S/C13H10ClFN2O/c14-11-3-1-9(15)5-8(11)6-13(18)12-4-2-10(16)7-17-12/h1-5,7H,6,16H2. The molecule has 0 aliphatic carbocycles. The topological polar surface area (TPSA) is 56.0 Å². The summed E-state index contributed by atoms with van der Waals surface area (Å²) in [7, 11) is 0. The predicted molar refractivity (Wildman–Crippen MR) is 68.1 cm³/mol. The van der Waals surface area contributed by atoms with Crippen molar-refractivity contribution < 1.29 is 9.18 Å². The van der Waals surface area contributed by atoms with Gasteiger partial charge in [-0.1, -0.05) is 11.6 Å². The Kier molecular flexibility index (Phi) is 3.58. The summed E-state index contributed by atoms with van der Waals surface area (Å²) >= 11 is 5.89. The maximum absolute atomic E-state index is 13.1. The fourth-order valence-corrected chi connectivity index (χ4v) is 1.70. The Labute approximate surface area is 108 Å². The fourth-order valence-electron chi connectivity index (χ4n) is 1.51. The number of carbonyl (C=O) groups is 1. The van der Waals surface area contributed by atoms with Crippen molar-refractivity contribution in [2.45, 2.75) is 6.42 Å². The normalized spacial score (nSPS) is 10.3. The molecule has 1 heterocycles. The minimum atomic E-state index is -0.424. The molecule has 0 saturated heterocycles.